The fourth-order valence-electron chi connectivity index (χ4n) is 6.76. The summed E-state index contributed by atoms with van der Waals surface area (Å²) in [5, 5.41) is 12.1. The first kappa shape index (κ1) is 28.2. The van der Waals surface area contributed by atoms with Crippen molar-refractivity contribution in [2.45, 2.75) is 70.4 Å². The molecule has 1 aliphatic heterocycles. The number of hydrogen-bond donors (Lipinski definition) is 2. The minimum atomic E-state index is -0.160. The highest BCUT2D eigenvalue weighted by molar-refractivity contribution is 7.19. The number of halogens is 1. The van der Waals surface area contributed by atoms with Crippen LogP contribution in [0.3, 0.4) is 0 Å². The molecular weight excluding hydrogens is 582 g/mol. The quantitative estimate of drug-likeness (QED) is 0.280. The van der Waals surface area contributed by atoms with Crippen LogP contribution in [-0.4, -0.2) is 61.6 Å². The standard InChI is InChI=1S/C32H34ClN7O2S/c1-19(41)35-32-37-26-12-11-24-28(21-5-4-14-34-18-21)38-40(29(24)30(26)43-32)27-13-6-20(17-25(27)33)31(42)36-22-7-9-23(10-8-22)39-15-2-3-16-39/h4-6,13-14,17-18,22-23H,2-3,7-12,15-16H2,1H3,(H,36,42)(H,35,37,41). The van der Waals surface area contributed by atoms with Gasteiger partial charge in [-0.05, 0) is 94.8 Å². The van der Waals surface area contributed by atoms with E-state index in [-0.39, 0.29) is 17.9 Å². The van der Waals surface area contributed by atoms with Gasteiger partial charge in [0.15, 0.2) is 5.13 Å². The van der Waals surface area contributed by atoms with Crippen molar-refractivity contribution in [2.75, 3.05) is 18.4 Å². The second-order valence-corrected chi connectivity index (χ2v) is 13.1. The summed E-state index contributed by atoms with van der Waals surface area (Å²) in [5.74, 6) is -0.256. The second kappa shape index (κ2) is 11.8. The van der Waals surface area contributed by atoms with Gasteiger partial charge in [0.2, 0.25) is 5.91 Å². The molecule has 0 unspecified atom stereocenters. The SMILES string of the molecule is CC(=O)Nc1nc2c(s1)-c1c(c(-c3cccnc3)nn1-c1ccc(C(=O)NC3CCC(N4CCCC4)CC3)cc1Cl)CC2. The zero-order valence-electron chi connectivity index (χ0n) is 24.1. The number of benzene rings is 1. The first-order chi connectivity index (χ1) is 20.9. The van der Waals surface area contributed by atoms with Crippen LogP contribution in [0, 0.1) is 0 Å². The highest BCUT2D eigenvalue weighted by Crippen LogP contribution is 2.44. The first-order valence-electron chi connectivity index (χ1n) is 15.1. The van der Waals surface area contributed by atoms with E-state index < -0.39 is 0 Å². The Balaban J connectivity index is 1.17. The topological polar surface area (TPSA) is 105 Å². The van der Waals surface area contributed by atoms with Gasteiger partial charge in [-0.3, -0.25) is 14.6 Å². The monoisotopic (exact) mass is 615 g/mol. The Morgan fingerprint density at radius 2 is 1.88 bits per heavy atom. The van der Waals surface area contributed by atoms with Crippen molar-refractivity contribution in [3.63, 3.8) is 0 Å². The normalized spacial score (nSPS) is 20.0. The van der Waals surface area contributed by atoms with Crippen molar-refractivity contribution in [3.05, 3.63) is 64.6 Å². The third-order valence-corrected chi connectivity index (χ3v) is 10.2. The minimum absolute atomic E-state index is 0.0960. The maximum Gasteiger partial charge on any atom is 0.251 e. The van der Waals surface area contributed by atoms with Gasteiger partial charge in [-0.2, -0.15) is 5.10 Å². The molecule has 2 amide bonds. The zero-order chi connectivity index (χ0) is 29.5. The molecule has 2 fully saturated rings. The number of rotatable bonds is 6. The number of hydrogen-bond acceptors (Lipinski definition) is 7. The van der Waals surface area contributed by atoms with Crippen molar-refractivity contribution in [1.29, 1.82) is 0 Å². The van der Waals surface area contributed by atoms with Crippen LogP contribution in [0.2, 0.25) is 5.02 Å². The van der Waals surface area contributed by atoms with Gasteiger partial charge in [0.1, 0.15) is 0 Å². The van der Waals surface area contributed by atoms with Gasteiger partial charge in [0, 0.05) is 48.1 Å². The van der Waals surface area contributed by atoms with Crippen LogP contribution in [0.4, 0.5) is 5.13 Å². The predicted octanol–water partition coefficient (Wildman–Crippen LogP) is 5.91. The lowest BCUT2D eigenvalue weighted by Gasteiger charge is -2.34. The molecule has 0 radical (unpaired) electrons. The van der Waals surface area contributed by atoms with Gasteiger partial charge in [-0.1, -0.05) is 22.9 Å². The van der Waals surface area contributed by atoms with E-state index in [0.29, 0.717) is 27.4 Å². The molecule has 9 nitrogen and oxygen atoms in total. The van der Waals surface area contributed by atoms with Crippen LogP contribution in [-0.2, 0) is 17.6 Å². The van der Waals surface area contributed by atoms with E-state index >= 15 is 0 Å². The highest BCUT2D eigenvalue weighted by Gasteiger charge is 2.31. The minimum Gasteiger partial charge on any atom is -0.349 e. The largest absolute Gasteiger partial charge is 0.349 e. The second-order valence-electron chi connectivity index (χ2n) is 11.7. The summed E-state index contributed by atoms with van der Waals surface area (Å²) in [7, 11) is 0. The molecule has 43 heavy (non-hydrogen) atoms. The van der Waals surface area contributed by atoms with Crippen LogP contribution in [0.1, 0.15) is 67.1 Å². The molecule has 11 heteroatoms. The van der Waals surface area contributed by atoms with Crippen molar-refractivity contribution < 1.29 is 9.59 Å². The van der Waals surface area contributed by atoms with E-state index in [9.17, 15) is 9.59 Å². The number of fused-ring (bicyclic) bond motifs is 3. The van der Waals surface area contributed by atoms with Crippen molar-refractivity contribution in [2.24, 2.45) is 0 Å². The molecule has 1 aromatic carbocycles. The Kier molecular flexibility index (Phi) is 7.75. The Bertz CT molecular complexity index is 1670. The lowest BCUT2D eigenvalue weighted by molar-refractivity contribution is -0.114. The molecule has 0 bridgehead atoms. The molecule has 1 saturated heterocycles. The van der Waals surface area contributed by atoms with Gasteiger partial charge in [-0.25, -0.2) is 9.67 Å². The molecule has 0 atom stereocenters. The number of aromatic nitrogens is 4. The summed E-state index contributed by atoms with van der Waals surface area (Å²) < 4.78 is 1.86. The zero-order valence-corrected chi connectivity index (χ0v) is 25.7. The van der Waals surface area contributed by atoms with E-state index in [0.717, 1.165) is 71.6 Å². The van der Waals surface area contributed by atoms with Crippen molar-refractivity contribution >= 4 is 39.9 Å². The summed E-state index contributed by atoms with van der Waals surface area (Å²) in [6.07, 6.45) is 11.9. The Labute approximate surface area is 259 Å². The maximum atomic E-state index is 13.3. The Hall–Kier alpha value is -3.60. The number of likely N-dealkylation sites (tertiary alicyclic amines) is 1. The fraction of sp³-hybridized carbons (Fsp3) is 0.406. The molecule has 2 aliphatic carbocycles. The molecular formula is C32H34ClN7O2S. The maximum absolute atomic E-state index is 13.3. The lowest BCUT2D eigenvalue weighted by atomic mass is 9.90. The van der Waals surface area contributed by atoms with Gasteiger partial charge < -0.3 is 15.5 Å². The van der Waals surface area contributed by atoms with Gasteiger partial charge in [-0.15, -0.1) is 0 Å². The van der Waals surface area contributed by atoms with Crippen LogP contribution >= 0.6 is 22.9 Å². The number of thiazole rings is 1. The molecule has 3 aliphatic rings. The summed E-state index contributed by atoms with van der Waals surface area (Å²) in [4.78, 5) is 37.6. The summed E-state index contributed by atoms with van der Waals surface area (Å²) in [6.45, 7) is 3.92. The van der Waals surface area contributed by atoms with E-state index in [4.69, 9.17) is 21.7 Å². The third kappa shape index (κ3) is 5.59. The van der Waals surface area contributed by atoms with E-state index in [1.165, 1.54) is 44.2 Å². The van der Waals surface area contributed by atoms with E-state index in [2.05, 4.69) is 20.5 Å². The van der Waals surface area contributed by atoms with Crippen molar-refractivity contribution in [1.82, 2.24) is 30.0 Å². The number of nitrogens with one attached hydrogen (secondary N) is 2. The average Bonchev–Trinajstić information content (AvgIpc) is 3.76. The third-order valence-electron chi connectivity index (χ3n) is 8.85. The van der Waals surface area contributed by atoms with E-state index in [1.54, 1.807) is 12.3 Å². The molecule has 222 valence electrons. The van der Waals surface area contributed by atoms with E-state index in [1.807, 2.05) is 35.1 Å². The average molecular weight is 616 g/mol. The first-order valence-corrected chi connectivity index (χ1v) is 16.3. The number of carbonyl (C=O) groups excluding carboxylic acids is 2. The number of pyridine rings is 1. The smallest absolute Gasteiger partial charge is 0.251 e. The molecule has 7 rings (SSSR count). The molecule has 1 saturated carbocycles. The number of nitrogens with zero attached hydrogens (tertiary/aromatic N) is 5. The summed E-state index contributed by atoms with van der Waals surface area (Å²) >= 11 is 8.35. The summed E-state index contributed by atoms with van der Waals surface area (Å²) in [5.41, 5.74) is 5.88. The van der Waals surface area contributed by atoms with Crippen LogP contribution < -0.4 is 10.6 Å². The molecule has 2 N–H and O–H groups in total. The van der Waals surface area contributed by atoms with Gasteiger partial charge >= 0.3 is 0 Å². The lowest BCUT2D eigenvalue weighted by Crippen LogP contribution is -2.43. The number of aryl methyl sites for hydroxylation is 1. The van der Waals surface area contributed by atoms with Crippen molar-refractivity contribution in [3.8, 4) is 27.5 Å². The fourth-order valence-corrected chi connectivity index (χ4v) is 8.14. The predicted molar refractivity (Wildman–Crippen MR) is 169 cm³/mol. The Morgan fingerprint density at radius 1 is 1.07 bits per heavy atom. The molecule has 3 aromatic heterocycles. The highest BCUT2D eigenvalue weighted by atomic mass is 35.5. The van der Waals surface area contributed by atoms with Crippen LogP contribution in [0.5, 0.6) is 0 Å². The molecule has 0 spiro atoms. The molecule has 4 aromatic rings. The van der Waals surface area contributed by atoms with Crippen LogP contribution in [0.25, 0.3) is 27.5 Å². The van der Waals surface area contributed by atoms with Gasteiger partial charge in [0.05, 0.1) is 32.7 Å². The number of anilines is 1. The number of amides is 2. The van der Waals surface area contributed by atoms with Crippen LogP contribution in [0.15, 0.2) is 42.7 Å². The Morgan fingerprint density at radius 3 is 2.60 bits per heavy atom. The number of carbonyl (C=O) groups is 2. The van der Waals surface area contributed by atoms with Gasteiger partial charge in [0.25, 0.3) is 5.91 Å². The summed E-state index contributed by atoms with van der Waals surface area (Å²) in [6, 6.07) is 10.2. The molecule has 4 heterocycles.